The zero-order chi connectivity index (χ0) is 19.6. The first-order valence-electron chi connectivity index (χ1n) is 9.01. The SMILES string of the molecule is CN=C(NC[C@H]1CCCN1S(C)(=O)=O)N1CCN(c2cnn(C)c2)C(=O)C1. The van der Waals surface area contributed by atoms with Crippen LogP contribution in [0.3, 0.4) is 0 Å². The van der Waals surface area contributed by atoms with Crippen molar-refractivity contribution in [3.63, 3.8) is 0 Å². The molecule has 1 amide bonds. The Bertz CT molecular complexity index is 820. The normalized spacial score (nSPS) is 22.6. The second kappa shape index (κ2) is 7.85. The summed E-state index contributed by atoms with van der Waals surface area (Å²) in [4.78, 5) is 20.4. The predicted molar refractivity (Wildman–Crippen MR) is 103 cm³/mol. The van der Waals surface area contributed by atoms with Crippen molar-refractivity contribution in [1.29, 1.82) is 0 Å². The van der Waals surface area contributed by atoms with Gasteiger partial charge in [-0.3, -0.25) is 14.5 Å². The van der Waals surface area contributed by atoms with Crippen molar-refractivity contribution in [2.75, 3.05) is 50.9 Å². The van der Waals surface area contributed by atoms with Gasteiger partial charge in [-0.25, -0.2) is 8.42 Å². The number of nitrogens with zero attached hydrogens (tertiary/aromatic N) is 6. The van der Waals surface area contributed by atoms with E-state index in [4.69, 9.17) is 0 Å². The predicted octanol–water partition coefficient (Wildman–Crippen LogP) is -0.932. The van der Waals surface area contributed by atoms with Gasteiger partial charge in [0.25, 0.3) is 0 Å². The van der Waals surface area contributed by atoms with Crippen molar-refractivity contribution in [2.24, 2.45) is 12.0 Å². The summed E-state index contributed by atoms with van der Waals surface area (Å²) in [5.74, 6) is 0.602. The summed E-state index contributed by atoms with van der Waals surface area (Å²) in [6.07, 6.45) is 6.43. The molecule has 1 atom stereocenters. The minimum absolute atomic E-state index is 0.0178. The molecule has 2 aliphatic heterocycles. The summed E-state index contributed by atoms with van der Waals surface area (Å²) in [6.45, 7) is 2.45. The van der Waals surface area contributed by atoms with Gasteiger partial charge in [0.1, 0.15) is 6.54 Å². The van der Waals surface area contributed by atoms with Crippen molar-refractivity contribution in [3.8, 4) is 0 Å². The van der Waals surface area contributed by atoms with E-state index in [1.807, 2.05) is 18.1 Å². The van der Waals surface area contributed by atoms with E-state index in [-0.39, 0.29) is 18.5 Å². The fourth-order valence-corrected chi connectivity index (χ4v) is 4.85. The first-order valence-corrected chi connectivity index (χ1v) is 10.9. The van der Waals surface area contributed by atoms with E-state index >= 15 is 0 Å². The van der Waals surface area contributed by atoms with E-state index in [9.17, 15) is 13.2 Å². The molecule has 1 N–H and O–H groups in total. The summed E-state index contributed by atoms with van der Waals surface area (Å²) in [7, 11) is 0.283. The maximum Gasteiger partial charge on any atom is 0.246 e. The van der Waals surface area contributed by atoms with Gasteiger partial charge in [-0.05, 0) is 12.8 Å². The Labute approximate surface area is 159 Å². The molecule has 2 fully saturated rings. The smallest absolute Gasteiger partial charge is 0.246 e. The summed E-state index contributed by atoms with van der Waals surface area (Å²) < 4.78 is 27.0. The van der Waals surface area contributed by atoms with Crippen LogP contribution in [-0.2, 0) is 21.9 Å². The number of nitrogens with one attached hydrogen (secondary N) is 1. The van der Waals surface area contributed by atoms with E-state index < -0.39 is 10.0 Å². The maximum absolute atomic E-state index is 12.6. The third-order valence-corrected chi connectivity index (χ3v) is 6.31. The number of hydrogen-bond acceptors (Lipinski definition) is 5. The van der Waals surface area contributed by atoms with Gasteiger partial charge < -0.3 is 15.1 Å². The Balaban J connectivity index is 1.58. The quantitative estimate of drug-likeness (QED) is 0.520. The van der Waals surface area contributed by atoms with E-state index in [2.05, 4.69) is 15.4 Å². The van der Waals surface area contributed by atoms with Crippen LogP contribution in [0.2, 0.25) is 0 Å². The van der Waals surface area contributed by atoms with Crippen LogP contribution < -0.4 is 10.2 Å². The van der Waals surface area contributed by atoms with Gasteiger partial charge >= 0.3 is 0 Å². The lowest BCUT2D eigenvalue weighted by atomic mass is 10.2. The molecule has 2 aliphatic rings. The number of sulfonamides is 1. The van der Waals surface area contributed by atoms with Crippen LogP contribution in [0.1, 0.15) is 12.8 Å². The van der Waals surface area contributed by atoms with Crippen LogP contribution in [0.5, 0.6) is 0 Å². The van der Waals surface area contributed by atoms with Crippen molar-refractivity contribution < 1.29 is 13.2 Å². The van der Waals surface area contributed by atoms with Crippen molar-refractivity contribution in [2.45, 2.75) is 18.9 Å². The third kappa shape index (κ3) is 4.41. The van der Waals surface area contributed by atoms with Gasteiger partial charge in [-0.15, -0.1) is 0 Å². The number of carbonyl (C=O) groups is 1. The second-order valence-electron chi connectivity index (χ2n) is 6.94. The number of aryl methyl sites for hydroxylation is 1. The minimum atomic E-state index is -3.20. The number of aliphatic imine (C=N–C) groups is 1. The molecular weight excluding hydrogens is 370 g/mol. The highest BCUT2D eigenvalue weighted by Gasteiger charge is 2.32. The fourth-order valence-electron chi connectivity index (χ4n) is 3.67. The van der Waals surface area contributed by atoms with Gasteiger partial charge in [-0.2, -0.15) is 9.40 Å². The number of amides is 1. The molecule has 1 aromatic heterocycles. The Morgan fingerprint density at radius 3 is 2.74 bits per heavy atom. The first-order chi connectivity index (χ1) is 12.8. The third-order valence-electron chi connectivity index (χ3n) is 4.98. The molecule has 0 saturated carbocycles. The summed E-state index contributed by atoms with van der Waals surface area (Å²) in [5.41, 5.74) is 0.792. The molecule has 150 valence electrons. The molecule has 3 rings (SSSR count). The Hall–Kier alpha value is -2.14. The standard InChI is InChI=1S/C16H27N7O3S/c1-17-16(18-9-13-5-4-6-23(13)27(3,25)26)21-7-8-22(15(24)12-21)14-10-19-20(2)11-14/h10-11,13H,4-9,12H2,1-3H3,(H,17,18)/t13-/m1/s1. The van der Waals surface area contributed by atoms with Gasteiger partial charge in [0, 0.05) is 52.5 Å². The lowest BCUT2D eigenvalue weighted by Gasteiger charge is -2.36. The van der Waals surface area contributed by atoms with Crippen LogP contribution in [0.4, 0.5) is 5.69 Å². The van der Waals surface area contributed by atoms with Crippen LogP contribution in [0.25, 0.3) is 0 Å². The highest BCUT2D eigenvalue weighted by atomic mass is 32.2. The number of carbonyl (C=O) groups excluding carboxylic acids is 1. The van der Waals surface area contributed by atoms with Crippen LogP contribution in [-0.4, -0.2) is 91.3 Å². The Kier molecular flexibility index (Phi) is 5.70. The lowest BCUT2D eigenvalue weighted by Crippen LogP contribution is -2.56. The molecule has 2 saturated heterocycles. The average molecular weight is 398 g/mol. The number of aromatic nitrogens is 2. The highest BCUT2D eigenvalue weighted by Crippen LogP contribution is 2.20. The topological polar surface area (TPSA) is 103 Å². The van der Waals surface area contributed by atoms with Crippen LogP contribution in [0, 0.1) is 0 Å². The number of anilines is 1. The lowest BCUT2D eigenvalue weighted by molar-refractivity contribution is -0.120. The zero-order valence-electron chi connectivity index (χ0n) is 16.0. The van der Waals surface area contributed by atoms with Crippen LogP contribution >= 0.6 is 0 Å². The number of hydrogen-bond donors (Lipinski definition) is 1. The highest BCUT2D eigenvalue weighted by molar-refractivity contribution is 7.88. The summed E-state index contributed by atoms with van der Waals surface area (Å²) >= 11 is 0. The average Bonchev–Trinajstić information content (AvgIpc) is 3.24. The largest absolute Gasteiger partial charge is 0.355 e. The first kappa shape index (κ1) is 19.6. The fraction of sp³-hybridized carbons (Fsp3) is 0.688. The number of piperazine rings is 1. The van der Waals surface area contributed by atoms with Gasteiger partial charge in [0.05, 0.1) is 18.1 Å². The van der Waals surface area contributed by atoms with Gasteiger partial charge in [0.2, 0.25) is 15.9 Å². The molecule has 27 heavy (non-hydrogen) atoms. The summed E-state index contributed by atoms with van der Waals surface area (Å²) in [5, 5.41) is 7.36. The van der Waals surface area contributed by atoms with E-state index in [1.165, 1.54) is 6.26 Å². The van der Waals surface area contributed by atoms with E-state index in [1.54, 1.807) is 27.1 Å². The maximum atomic E-state index is 12.6. The second-order valence-corrected chi connectivity index (χ2v) is 8.87. The number of guanidine groups is 1. The Morgan fingerprint density at radius 1 is 1.37 bits per heavy atom. The molecule has 0 radical (unpaired) electrons. The van der Waals surface area contributed by atoms with Crippen molar-refractivity contribution >= 4 is 27.6 Å². The van der Waals surface area contributed by atoms with Crippen molar-refractivity contribution in [1.82, 2.24) is 24.3 Å². The van der Waals surface area contributed by atoms with Crippen molar-refractivity contribution in [3.05, 3.63) is 12.4 Å². The molecule has 0 aliphatic carbocycles. The summed E-state index contributed by atoms with van der Waals surface area (Å²) in [6, 6.07) is -0.0795. The minimum Gasteiger partial charge on any atom is -0.355 e. The molecule has 10 nitrogen and oxygen atoms in total. The molecule has 3 heterocycles. The monoisotopic (exact) mass is 397 g/mol. The van der Waals surface area contributed by atoms with Gasteiger partial charge in [0.15, 0.2) is 5.96 Å². The van der Waals surface area contributed by atoms with Crippen LogP contribution in [0.15, 0.2) is 17.4 Å². The molecule has 1 aromatic rings. The molecule has 11 heteroatoms. The zero-order valence-corrected chi connectivity index (χ0v) is 16.8. The molecule has 0 aromatic carbocycles. The van der Waals surface area contributed by atoms with E-state index in [0.717, 1.165) is 18.5 Å². The molecule has 0 spiro atoms. The Morgan fingerprint density at radius 2 is 2.15 bits per heavy atom. The molecule has 0 bridgehead atoms. The number of rotatable bonds is 4. The molecular formula is C16H27N7O3S. The van der Waals surface area contributed by atoms with E-state index in [0.29, 0.717) is 32.1 Å². The molecule has 0 unspecified atom stereocenters. The van der Waals surface area contributed by atoms with Gasteiger partial charge in [-0.1, -0.05) is 0 Å².